The lowest BCUT2D eigenvalue weighted by atomic mass is 9.98. The summed E-state index contributed by atoms with van der Waals surface area (Å²) in [6.45, 7) is 7.82. The van der Waals surface area contributed by atoms with Crippen molar-refractivity contribution in [2.24, 2.45) is 0 Å². The molecule has 1 aromatic rings. The SMILES string of the molecule is CC[C@@H](C)c1ccccc1OCCNCCCOC. The molecule has 1 atom stereocenters. The normalized spacial score (nSPS) is 12.4. The minimum Gasteiger partial charge on any atom is -0.492 e. The first-order valence-electron chi connectivity index (χ1n) is 7.21. The van der Waals surface area contributed by atoms with Crippen LogP contribution < -0.4 is 10.1 Å². The van der Waals surface area contributed by atoms with Crippen molar-refractivity contribution in [3.63, 3.8) is 0 Å². The predicted molar refractivity (Wildman–Crippen MR) is 80.0 cm³/mol. The van der Waals surface area contributed by atoms with Gasteiger partial charge in [-0.05, 0) is 36.9 Å². The molecule has 0 amide bonds. The first-order valence-corrected chi connectivity index (χ1v) is 7.21. The van der Waals surface area contributed by atoms with Crippen molar-refractivity contribution >= 4 is 0 Å². The van der Waals surface area contributed by atoms with Crippen molar-refractivity contribution in [1.82, 2.24) is 5.32 Å². The van der Waals surface area contributed by atoms with Crippen LogP contribution >= 0.6 is 0 Å². The lowest BCUT2D eigenvalue weighted by Crippen LogP contribution is -2.23. The molecule has 3 heteroatoms. The zero-order valence-electron chi connectivity index (χ0n) is 12.4. The first-order chi connectivity index (χ1) is 9.29. The molecule has 0 fully saturated rings. The van der Waals surface area contributed by atoms with Gasteiger partial charge in [-0.25, -0.2) is 0 Å². The van der Waals surface area contributed by atoms with Crippen LogP contribution in [0, 0.1) is 0 Å². The number of hydrogen-bond donors (Lipinski definition) is 1. The summed E-state index contributed by atoms with van der Waals surface area (Å²) < 4.78 is 10.9. The Balaban J connectivity index is 2.29. The molecule has 0 aliphatic carbocycles. The Bertz CT molecular complexity index is 341. The third-order valence-corrected chi connectivity index (χ3v) is 3.30. The van der Waals surface area contributed by atoms with E-state index >= 15 is 0 Å². The van der Waals surface area contributed by atoms with Crippen LogP contribution in [-0.2, 0) is 4.74 Å². The molecule has 0 bridgehead atoms. The largest absolute Gasteiger partial charge is 0.492 e. The molecule has 1 aromatic carbocycles. The van der Waals surface area contributed by atoms with Gasteiger partial charge in [-0.1, -0.05) is 32.0 Å². The second-order valence-corrected chi connectivity index (χ2v) is 4.79. The maximum absolute atomic E-state index is 5.87. The molecule has 0 unspecified atom stereocenters. The van der Waals surface area contributed by atoms with Crippen LogP contribution in [-0.4, -0.2) is 33.4 Å². The molecule has 0 heterocycles. The summed E-state index contributed by atoms with van der Waals surface area (Å²) >= 11 is 0. The van der Waals surface area contributed by atoms with Gasteiger partial charge >= 0.3 is 0 Å². The van der Waals surface area contributed by atoms with Gasteiger partial charge in [-0.3, -0.25) is 0 Å². The van der Waals surface area contributed by atoms with E-state index < -0.39 is 0 Å². The fraction of sp³-hybridized carbons (Fsp3) is 0.625. The van der Waals surface area contributed by atoms with Gasteiger partial charge in [0.15, 0.2) is 0 Å². The Morgan fingerprint density at radius 2 is 1.95 bits per heavy atom. The Hall–Kier alpha value is -1.06. The predicted octanol–water partition coefficient (Wildman–Crippen LogP) is 3.21. The standard InChI is InChI=1S/C16H27NO2/c1-4-14(2)15-8-5-6-9-16(15)19-13-11-17-10-7-12-18-3/h5-6,8-9,14,17H,4,7,10-13H2,1-3H3/t14-/m1/s1. The van der Waals surface area contributed by atoms with Crippen molar-refractivity contribution in [2.75, 3.05) is 33.4 Å². The van der Waals surface area contributed by atoms with Gasteiger partial charge in [0.25, 0.3) is 0 Å². The van der Waals surface area contributed by atoms with Crippen LogP contribution in [0.2, 0.25) is 0 Å². The Morgan fingerprint density at radius 1 is 1.16 bits per heavy atom. The molecule has 1 N–H and O–H groups in total. The highest BCUT2D eigenvalue weighted by atomic mass is 16.5. The monoisotopic (exact) mass is 265 g/mol. The van der Waals surface area contributed by atoms with Gasteiger partial charge in [-0.15, -0.1) is 0 Å². The highest BCUT2D eigenvalue weighted by Crippen LogP contribution is 2.28. The van der Waals surface area contributed by atoms with Gasteiger partial charge in [0.1, 0.15) is 12.4 Å². The van der Waals surface area contributed by atoms with Gasteiger partial charge in [0.2, 0.25) is 0 Å². The van der Waals surface area contributed by atoms with Gasteiger partial charge < -0.3 is 14.8 Å². The molecule has 108 valence electrons. The average Bonchev–Trinajstić information content (AvgIpc) is 2.46. The third kappa shape index (κ3) is 6.08. The summed E-state index contributed by atoms with van der Waals surface area (Å²) in [6, 6.07) is 8.34. The van der Waals surface area contributed by atoms with E-state index in [1.165, 1.54) is 5.56 Å². The maximum atomic E-state index is 5.87. The maximum Gasteiger partial charge on any atom is 0.122 e. The number of nitrogens with one attached hydrogen (secondary N) is 1. The number of rotatable bonds is 10. The Kier molecular flexibility index (Phi) is 8.26. The molecule has 0 saturated carbocycles. The van der Waals surface area contributed by atoms with E-state index in [2.05, 4.69) is 37.4 Å². The number of methoxy groups -OCH3 is 1. The number of hydrogen-bond acceptors (Lipinski definition) is 3. The summed E-state index contributed by atoms with van der Waals surface area (Å²) in [5.41, 5.74) is 1.31. The van der Waals surface area contributed by atoms with Crippen molar-refractivity contribution in [3.05, 3.63) is 29.8 Å². The molecule has 0 radical (unpaired) electrons. The Labute approximate surface area is 117 Å². The van der Waals surface area contributed by atoms with Crippen LogP contribution in [0.15, 0.2) is 24.3 Å². The molecule has 0 saturated heterocycles. The Morgan fingerprint density at radius 3 is 2.68 bits per heavy atom. The van der Waals surface area contributed by atoms with E-state index in [4.69, 9.17) is 9.47 Å². The van der Waals surface area contributed by atoms with E-state index in [9.17, 15) is 0 Å². The zero-order chi connectivity index (χ0) is 13.9. The van der Waals surface area contributed by atoms with Crippen LogP contribution in [0.1, 0.15) is 38.2 Å². The van der Waals surface area contributed by atoms with Crippen LogP contribution in [0.5, 0.6) is 5.75 Å². The summed E-state index contributed by atoms with van der Waals surface area (Å²) in [5, 5.41) is 3.35. The summed E-state index contributed by atoms with van der Waals surface area (Å²) in [5.74, 6) is 1.57. The van der Waals surface area contributed by atoms with E-state index in [-0.39, 0.29) is 0 Å². The van der Waals surface area contributed by atoms with Crippen molar-refractivity contribution < 1.29 is 9.47 Å². The van der Waals surface area contributed by atoms with Crippen molar-refractivity contribution in [1.29, 1.82) is 0 Å². The third-order valence-electron chi connectivity index (χ3n) is 3.30. The highest BCUT2D eigenvalue weighted by Gasteiger charge is 2.08. The van der Waals surface area contributed by atoms with Gasteiger partial charge in [-0.2, -0.15) is 0 Å². The molecule has 0 spiro atoms. The van der Waals surface area contributed by atoms with E-state index in [0.29, 0.717) is 12.5 Å². The fourth-order valence-electron chi connectivity index (χ4n) is 1.94. The van der Waals surface area contributed by atoms with E-state index in [1.807, 2.05) is 6.07 Å². The molecular formula is C16H27NO2. The van der Waals surface area contributed by atoms with E-state index in [0.717, 1.165) is 38.3 Å². The van der Waals surface area contributed by atoms with E-state index in [1.54, 1.807) is 7.11 Å². The van der Waals surface area contributed by atoms with Crippen LogP contribution in [0.3, 0.4) is 0 Å². The molecule has 1 rings (SSSR count). The van der Waals surface area contributed by atoms with Gasteiger partial charge in [0.05, 0.1) is 0 Å². The zero-order valence-corrected chi connectivity index (χ0v) is 12.4. The minimum absolute atomic E-state index is 0.547. The number of para-hydroxylation sites is 1. The van der Waals surface area contributed by atoms with Crippen molar-refractivity contribution in [2.45, 2.75) is 32.6 Å². The lowest BCUT2D eigenvalue weighted by Gasteiger charge is -2.15. The number of ether oxygens (including phenoxy) is 2. The summed E-state index contributed by atoms with van der Waals surface area (Å²) in [6.07, 6.45) is 2.18. The van der Waals surface area contributed by atoms with Crippen LogP contribution in [0.4, 0.5) is 0 Å². The molecular weight excluding hydrogens is 238 g/mol. The van der Waals surface area contributed by atoms with Crippen molar-refractivity contribution in [3.8, 4) is 5.75 Å². The second kappa shape index (κ2) is 9.82. The minimum atomic E-state index is 0.547. The lowest BCUT2D eigenvalue weighted by molar-refractivity contribution is 0.193. The topological polar surface area (TPSA) is 30.5 Å². The fourth-order valence-corrected chi connectivity index (χ4v) is 1.94. The summed E-state index contributed by atoms with van der Waals surface area (Å²) in [4.78, 5) is 0. The quantitative estimate of drug-likeness (QED) is 0.659. The molecule has 0 aliphatic rings. The smallest absolute Gasteiger partial charge is 0.122 e. The second-order valence-electron chi connectivity index (χ2n) is 4.79. The van der Waals surface area contributed by atoms with Crippen LogP contribution in [0.25, 0.3) is 0 Å². The first kappa shape index (κ1) is 16.0. The molecule has 0 aliphatic heterocycles. The molecule has 0 aromatic heterocycles. The number of benzene rings is 1. The summed E-state index contributed by atoms with van der Waals surface area (Å²) in [7, 11) is 1.73. The average molecular weight is 265 g/mol. The molecule has 3 nitrogen and oxygen atoms in total. The molecule has 19 heavy (non-hydrogen) atoms. The highest BCUT2D eigenvalue weighted by molar-refractivity contribution is 5.35. The van der Waals surface area contributed by atoms with Gasteiger partial charge in [0, 0.05) is 20.3 Å².